The molecule has 0 aliphatic carbocycles. The molecule has 0 saturated heterocycles. The molecule has 0 bridgehead atoms. The van der Waals surface area contributed by atoms with Gasteiger partial charge in [0.15, 0.2) is 0 Å². The molecular formula is H2BO3Pm. The zero-order valence-corrected chi connectivity index (χ0v) is 5.20. The average Bonchev–Trinajstić information content (AvgIpc) is 1.38. The summed E-state index contributed by atoms with van der Waals surface area (Å²) < 4.78 is 3.97. The molecule has 0 fully saturated rings. The third-order valence-electron chi connectivity index (χ3n) is 0.0943. The first-order valence-electron chi connectivity index (χ1n) is 0.935. The molecule has 0 heterocycles. The molecule has 28 valence electrons. The Morgan fingerprint density at radius 3 is 1.80 bits per heavy atom. The molecule has 0 aliphatic heterocycles. The second-order valence-corrected chi connectivity index (χ2v) is 1.11. The Morgan fingerprint density at radius 2 is 1.80 bits per heavy atom. The third-order valence-corrected chi connectivity index (χ3v) is 0.699. The zero-order valence-electron chi connectivity index (χ0n) is 2.33. The Morgan fingerprint density at radius 1 is 1.60 bits per heavy atom. The van der Waals surface area contributed by atoms with Crippen molar-refractivity contribution in [1.82, 2.24) is 0 Å². The normalized spacial score (nSPS) is 7.60. The Kier molecular flexibility index (Phi) is 4.36. The van der Waals surface area contributed by atoms with Gasteiger partial charge in [0.25, 0.3) is 0 Å². The molecular weight excluding hydrogens is 204 g/mol. The van der Waals surface area contributed by atoms with Crippen molar-refractivity contribution in [2.75, 3.05) is 0 Å². The van der Waals surface area contributed by atoms with Crippen LogP contribution in [0.15, 0.2) is 0 Å². The van der Waals surface area contributed by atoms with Crippen LogP contribution in [-0.4, -0.2) is 17.4 Å². The molecule has 0 unspecified atom stereocenters. The zero-order chi connectivity index (χ0) is 4.28. The minimum atomic E-state index is -1.57. The molecule has 5 heavy (non-hydrogen) atoms. The van der Waals surface area contributed by atoms with Crippen LogP contribution in [0.1, 0.15) is 0 Å². The molecule has 2 N–H and O–H groups in total. The van der Waals surface area contributed by atoms with E-state index in [1.54, 1.807) is 0 Å². The second kappa shape index (κ2) is 3.47. The van der Waals surface area contributed by atoms with Gasteiger partial charge in [-0.3, -0.25) is 0 Å². The molecule has 0 amide bonds. The minimum absolute atomic E-state index is 0.539. The Labute approximate surface area is 56.8 Å². The summed E-state index contributed by atoms with van der Waals surface area (Å²) in [5.74, 6) is 0. The Bertz CT molecular complexity index is 20.9. The molecule has 3 nitrogen and oxygen atoms in total. The molecule has 0 aromatic carbocycles. The number of hydrogen-bond donors (Lipinski definition) is 2. The SMILES string of the molecule is OB(O)[O][Pm]. The van der Waals surface area contributed by atoms with Gasteiger partial charge in [-0.15, -0.1) is 0 Å². The second-order valence-electron chi connectivity index (χ2n) is 0.432. The molecule has 0 aliphatic rings. The van der Waals surface area contributed by atoms with E-state index in [0.717, 1.165) is 0 Å². The van der Waals surface area contributed by atoms with Crippen LogP contribution in [0, 0.1) is 38.9 Å². The molecule has 0 radical (unpaired) electrons. The van der Waals surface area contributed by atoms with Crippen LogP contribution >= 0.6 is 0 Å². The van der Waals surface area contributed by atoms with Gasteiger partial charge < -0.3 is 0 Å². The average molecular weight is 206 g/mol. The predicted octanol–water partition coefficient (Wildman–Crippen LogP) is -1.56. The van der Waals surface area contributed by atoms with Crippen LogP contribution in [0.3, 0.4) is 0 Å². The van der Waals surface area contributed by atoms with E-state index in [-0.39, 0.29) is 0 Å². The van der Waals surface area contributed by atoms with Gasteiger partial charge in [0.1, 0.15) is 0 Å². The van der Waals surface area contributed by atoms with Gasteiger partial charge >= 0.3 is 57.3 Å². The Hall–Kier alpha value is 1.28. The van der Waals surface area contributed by atoms with Gasteiger partial charge in [0, 0.05) is 0 Å². The molecule has 5 heteroatoms. The predicted molar refractivity (Wildman–Crippen MR) is 11.3 cm³/mol. The van der Waals surface area contributed by atoms with Crippen molar-refractivity contribution in [1.29, 1.82) is 0 Å². The van der Waals surface area contributed by atoms with E-state index in [0.29, 0.717) is 38.9 Å². The summed E-state index contributed by atoms with van der Waals surface area (Å²) in [5.41, 5.74) is 0. The van der Waals surface area contributed by atoms with Gasteiger partial charge in [-0.2, -0.15) is 0 Å². The summed E-state index contributed by atoms with van der Waals surface area (Å²) in [4.78, 5) is 0. The fourth-order valence-corrected chi connectivity index (χ4v) is 0. The van der Waals surface area contributed by atoms with E-state index in [1.165, 1.54) is 0 Å². The first kappa shape index (κ1) is 6.28. The van der Waals surface area contributed by atoms with Crippen LogP contribution in [0.25, 0.3) is 0 Å². The monoisotopic (exact) mass is 206 g/mol. The molecule has 0 spiro atoms. The van der Waals surface area contributed by atoms with Crippen molar-refractivity contribution < 1.29 is 50.0 Å². The van der Waals surface area contributed by atoms with E-state index in [9.17, 15) is 0 Å². The summed E-state index contributed by atoms with van der Waals surface area (Å²) in [6, 6.07) is 0. The van der Waals surface area contributed by atoms with Crippen molar-refractivity contribution in [2.24, 2.45) is 0 Å². The maximum absolute atomic E-state index is 7.72. The standard InChI is InChI=1S/BH2O3.Pm/c2-1(3)4;/h2-3H;/q-1;+1. The quantitative estimate of drug-likeness (QED) is 0.510. The Balaban J connectivity index is 2.54. The van der Waals surface area contributed by atoms with Gasteiger partial charge in [0.05, 0.1) is 0 Å². The molecule has 0 saturated carbocycles. The summed E-state index contributed by atoms with van der Waals surface area (Å²) >= 11 is 0.539. The third kappa shape index (κ3) is 5.28. The van der Waals surface area contributed by atoms with Crippen molar-refractivity contribution in [2.45, 2.75) is 0 Å². The van der Waals surface area contributed by atoms with Crippen molar-refractivity contribution in [3.8, 4) is 0 Å². The van der Waals surface area contributed by atoms with E-state index in [2.05, 4.69) is 1.04 Å². The molecule has 0 aromatic heterocycles. The molecule has 0 atom stereocenters. The van der Waals surface area contributed by atoms with Crippen LogP contribution in [0.5, 0.6) is 0 Å². The first-order chi connectivity index (χ1) is 2.27. The number of rotatable bonds is 1. The van der Waals surface area contributed by atoms with E-state index >= 15 is 0 Å². The van der Waals surface area contributed by atoms with Crippen LogP contribution in [-0.2, 0) is 1.04 Å². The van der Waals surface area contributed by atoms with Crippen molar-refractivity contribution in [3.63, 3.8) is 0 Å². The summed E-state index contributed by atoms with van der Waals surface area (Å²) in [6.45, 7) is 0. The van der Waals surface area contributed by atoms with Gasteiger partial charge in [-0.1, -0.05) is 0 Å². The molecule has 0 rings (SSSR count). The molecule has 0 aromatic rings. The van der Waals surface area contributed by atoms with E-state index < -0.39 is 7.32 Å². The fraction of sp³-hybridized carbons (Fsp3) is 0. The fourth-order valence-electron chi connectivity index (χ4n) is 0. The van der Waals surface area contributed by atoms with E-state index in [4.69, 9.17) is 10.0 Å². The van der Waals surface area contributed by atoms with Crippen molar-refractivity contribution >= 4 is 7.32 Å². The number of hydrogen-bond acceptors (Lipinski definition) is 3. The van der Waals surface area contributed by atoms with Gasteiger partial charge in [0.2, 0.25) is 0 Å². The van der Waals surface area contributed by atoms with Gasteiger partial charge in [-0.05, 0) is 0 Å². The summed E-state index contributed by atoms with van der Waals surface area (Å²) in [7, 11) is -1.57. The first-order valence-corrected chi connectivity index (χ1v) is 2.11. The summed E-state index contributed by atoms with van der Waals surface area (Å²) in [5, 5.41) is 15.4. The van der Waals surface area contributed by atoms with E-state index in [1.807, 2.05) is 0 Å². The van der Waals surface area contributed by atoms with Gasteiger partial charge in [-0.25, -0.2) is 0 Å². The van der Waals surface area contributed by atoms with Crippen molar-refractivity contribution in [3.05, 3.63) is 0 Å². The van der Waals surface area contributed by atoms with Crippen LogP contribution in [0.2, 0.25) is 0 Å². The van der Waals surface area contributed by atoms with Crippen LogP contribution < -0.4 is 0 Å². The topological polar surface area (TPSA) is 49.7 Å². The maximum atomic E-state index is 7.72. The summed E-state index contributed by atoms with van der Waals surface area (Å²) in [6.07, 6.45) is 0. The van der Waals surface area contributed by atoms with Crippen LogP contribution in [0.4, 0.5) is 0 Å².